The Morgan fingerprint density at radius 2 is 0.967 bits per heavy atom. The van der Waals surface area contributed by atoms with Crippen molar-refractivity contribution in [3.63, 3.8) is 0 Å². The Balaban J connectivity index is 1.07. The molecule has 2 heterocycles. The zero-order valence-electron chi connectivity index (χ0n) is 33.3. The Morgan fingerprint density at radius 3 is 1.78 bits per heavy atom. The first-order valence-electron chi connectivity index (χ1n) is 20.7. The Bertz CT molecular complexity index is 3520. The van der Waals surface area contributed by atoms with E-state index in [1.165, 1.54) is 49.5 Å². The third-order valence-corrected chi connectivity index (χ3v) is 12.7. The molecule has 1 aliphatic carbocycles. The summed E-state index contributed by atoms with van der Waals surface area (Å²) in [6.07, 6.45) is 0. The van der Waals surface area contributed by atoms with Gasteiger partial charge in [-0.1, -0.05) is 178 Å². The summed E-state index contributed by atoms with van der Waals surface area (Å²) in [4.78, 5) is 10.7. The molecular weight excluding hydrogens is 729 g/mol. The molecule has 0 amide bonds. The summed E-state index contributed by atoms with van der Waals surface area (Å²) in [5, 5.41) is 7.09. The average molecular weight is 767 g/mol. The van der Waals surface area contributed by atoms with E-state index in [1.807, 2.05) is 18.2 Å². The normalized spacial score (nSPS) is 13.0. The Kier molecular flexibility index (Phi) is 7.58. The first-order valence-corrected chi connectivity index (χ1v) is 20.7. The van der Waals surface area contributed by atoms with E-state index in [0.29, 0.717) is 5.82 Å². The van der Waals surface area contributed by atoms with Crippen LogP contribution in [0.3, 0.4) is 0 Å². The van der Waals surface area contributed by atoms with Crippen LogP contribution in [0, 0.1) is 0 Å². The van der Waals surface area contributed by atoms with E-state index in [4.69, 9.17) is 14.4 Å². The SMILES string of the molecule is CC1(C)c2cc3ccccc3cc2-c2c(-c3ccc(-c4cc(-c5ccccc5-c5cccc6oc7ccccc7c56)nc(-c5ccccc5)n4)c4ccccc34)cccc21. The second kappa shape index (κ2) is 13.2. The number of aromatic nitrogens is 2. The molecule has 0 saturated heterocycles. The van der Waals surface area contributed by atoms with E-state index in [1.54, 1.807) is 0 Å². The molecule has 0 spiro atoms. The van der Waals surface area contributed by atoms with Gasteiger partial charge >= 0.3 is 0 Å². The van der Waals surface area contributed by atoms with Crippen molar-refractivity contribution in [1.82, 2.24) is 9.97 Å². The van der Waals surface area contributed by atoms with E-state index in [9.17, 15) is 0 Å². The maximum absolute atomic E-state index is 6.34. The Labute approximate surface area is 348 Å². The topological polar surface area (TPSA) is 38.9 Å². The highest BCUT2D eigenvalue weighted by molar-refractivity contribution is 6.14. The van der Waals surface area contributed by atoms with Gasteiger partial charge in [0.2, 0.25) is 0 Å². The summed E-state index contributed by atoms with van der Waals surface area (Å²) in [5.74, 6) is 0.685. The lowest BCUT2D eigenvalue weighted by Gasteiger charge is -2.22. The minimum Gasteiger partial charge on any atom is -0.456 e. The quantitative estimate of drug-likeness (QED) is 0.175. The molecule has 3 nitrogen and oxygen atoms in total. The van der Waals surface area contributed by atoms with Gasteiger partial charge in [0.25, 0.3) is 0 Å². The van der Waals surface area contributed by atoms with Crippen LogP contribution in [0.2, 0.25) is 0 Å². The third kappa shape index (κ3) is 5.22. The lowest BCUT2D eigenvalue weighted by Crippen LogP contribution is -2.14. The van der Waals surface area contributed by atoms with Gasteiger partial charge in [-0.05, 0) is 96.4 Å². The lowest BCUT2D eigenvalue weighted by molar-refractivity contribution is 0.661. The summed E-state index contributed by atoms with van der Waals surface area (Å²) >= 11 is 0. The van der Waals surface area contributed by atoms with E-state index in [-0.39, 0.29) is 5.41 Å². The number of benzene rings is 9. The van der Waals surface area contributed by atoms with Crippen LogP contribution in [-0.2, 0) is 5.41 Å². The van der Waals surface area contributed by atoms with Crippen LogP contribution < -0.4 is 0 Å². The number of hydrogen-bond donors (Lipinski definition) is 0. The summed E-state index contributed by atoms with van der Waals surface area (Å²) < 4.78 is 6.34. The molecule has 0 aliphatic heterocycles. The first-order chi connectivity index (χ1) is 29.5. The van der Waals surface area contributed by atoms with Crippen molar-refractivity contribution in [2.24, 2.45) is 0 Å². The average Bonchev–Trinajstić information content (AvgIpc) is 3.80. The van der Waals surface area contributed by atoms with Gasteiger partial charge in [-0.3, -0.25) is 0 Å². The molecule has 12 rings (SSSR count). The number of rotatable bonds is 5. The van der Waals surface area contributed by atoms with Gasteiger partial charge in [0.1, 0.15) is 11.2 Å². The second-order valence-electron chi connectivity index (χ2n) is 16.5. The number of fused-ring (bicyclic) bond motifs is 8. The van der Waals surface area contributed by atoms with Crippen LogP contribution in [0.5, 0.6) is 0 Å². The molecule has 0 saturated carbocycles. The van der Waals surface area contributed by atoms with Crippen LogP contribution in [0.25, 0.3) is 111 Å². The fourth-order valence-corrected chi connectivity index (χ4v) is 9.83. The molecule has 9 aromatic carbocycles. The maximum atomic E-state index is 6.34. The van der Waals surface area contributed by atoms with E-state index >= 15 is 0 Å². The molecular formula is C57H38N2O. The van der Waals surface area contributed by atoms with E-state index in [0.717, 1.165) is 66.5 Å². The van der Waals surface area contributed by atoms with Crippen LogP contribution in [0.4, 0.5) is 0 Å². The number of nitrogens with zero attached hydrogens (tertiary/aromatic N) is 2. The molecule has 1 aliphatic rings. The van der Waals surface area contributed by atoms with Crippen molar-refractivity contribution in [3.8, 4) is 67.3 Å². The molecule has 282 valence electrons. The molecule has 0 N–H and O–H groups in total. The van der Waals surface area contributed by atoms with Gasteiger partial charge in [-0.25, -0.2) is 9.97 Å². The smallest absolute Gasteiger partial charge is 0.160 e. The van der Waals surface area contributed by atoms with E-state index in [2.05, 4.69) is 190 Å². The minimum atomic E-state index is -0.127. The molecule has 0 radical (unpaired) electrons. The van der Waals surface area contributed by atoms with Crippen LogP contribution in [-0.4, -0.2) is 9.97 Å². The van der Waals surface area contributed by atoms with Gasteiger partial charge in [0, 0.05) is 32.9 Å². The minimum absolute atomic E-state index is 0.127. The first kappa shape index (κ1) is 34.4. The molecule has 2 aromatic heterocycles. The Morgan fingerprint density at radius 1 is 0.383 bits per heavy atom. The van der Waals surface area contributed by atoms with Gasteiger partial charge in [-0.2, -0.15) is 0 Å². The molecule has 60 heavy (non-hydrogen) atoms. The van der Waals surface area contributed by atoms with Crippen molar-refractivity contribution < 1.29 is 4.42 Å². The number of furan rings is 1. The van der Waals surface area contributed by atoms with Crippen LogP contribution in [0.15, 0.2) is 199 Å². The summed E-state index contributed by atoms with van der Waals surface area (Å²) in [6, 6.07) is 69.4. The molecule has 0 fully saturated rings. The number of para-hydroxylation sites is 1. The summed E-state index contributed by atoms with van der Waals surface area (Å²) in [5.41, 5.74) is 16.5. The zero-order valence-corrected chi connectivity index (χ0v) is 33.3. The van der Waals surface area contributed by atoms with Crippen molar-refractivity contribution >= 4 is 43.5 Å². The van der Waals surface area contributed by atoms with Gasteiger partial charge in [0.15, 0.2) is 5.82 Å². The van der Waals surface area contributed by atoms with Crippen LogP contribution in [0.1, 0.15) is 25.0 Å². The lowest BCUT2D eigenvalue weighted by atomic mass is 9.81. The van der Waals surface area contributed by atoms with Gasteiger partial charge in [0.05, 0.1) is 11.4 Å². The predicted octanol–water partition coefficient (Wildman–Crippen LogP) is 15.3. The highest BCUT2D eigenvalue weighted by Crippen LogP contribution is 2.54. The predicted molar refractivity (Wildman–Crippen MR) is 249 cm³/mol. The highest BCUT2D eigenvalue weighted by Gasteiger charge is 2.37. The third-order valence-electron chi connectivity index (χ3n) is 12.7. The van der Waals surface area contributed by atoms with Crippen molar-refractivity contribution in [1.29, 1.82) is 0 Å². The molecule has 11 aromatic rings. The van der Waals surface area contributed by atoms with E-state index < -0.39 is 0 Å². The monoisotopic (exact) mass is 766 g/mol. The fraction of sp³-hybridized carbons (Fsp3) is 0.0526. The van der Waals surface area contributed by atoms with Crippen LogP contribution >= 0.6 is 0 Å². The largest absolute Gasteiger partial charge is 0.456 e. The van der Waals surface area contributed by atoms with Gasteiger partial charge in [-0.15, -0.1) is 0 Å². The standard InChI is InChI=1S/C57H38N2O/c1-57(2)48-27-14-25-44(54(48)47-32-36-18-6-7-19-37(36)33-49(47)57)41-30-31-43(39-21-9-8-20-38(39)41)51-34-50(58-56(59-51)35-16-4-3-5-17-35)42-23-11-10-22-40(42)45-26-15-29-53-55(45)46-24-12-13-28-52(46)60-53/h3-34H,1-2H3. The van der Waals surface area contributed by atoms with Crippen molar-refractivity contribution in [3.05, 3.63) is 205 Å². The molecule has 3 heteroatoms. The maximum Gasteiger partial charge on any atom is 0.160 e. The summed E-state index contributed by atoms with van der Waals surface area (Å²) in [7, 11) is 0. The summed E-state index contributed by atoms with van der Waals surface area (Å²) in [6.45, 7) is 4.73. The van der Waals surface area contributed by atoms with Gasteiger partial charge < -0.3 is 4.42 Å². The highest BCUT2D eigenvalue weighted by atomic mass is 16.3. The molecule has 0 atom stereocenters. The number of hydrogen-bond acceptors (Lipinski definition) is 3. The zero-order chi connectivity index (χ0) is 40.0. The Hall–Kier alpha value is -7.62. The van der Waals surface area contributed by atoms with Crippen molar-refractivity contribution in [2.75, 3.05) is 0 Å². The molecule has 0 bridgehead atoms. The van der Waals surface area contributed by atoms with Crippen molar-refractivity contribution in [2.45, 2.75) is 19.3 Å². The molecule has 0 unspecified atom stereocenters. The fourth-order valence-electron chi connectivity index (χ4n) is 9.83. The second-order valence-corrected chi connectivity index (χ2v) is 16.5.